The van der Waals surface area contributed by atoms with Gasteiger partial charge in [-0.3, -0.25) is 0 Å². The molecule has 14 heavy (non-hydrogen) atoms. The van der Waals surface area contributed by atoms with E-state index in [1.807, 2.05) is 6.92 Å². The number of carboxylic acid groups (broad SMARTS) is 1. The van der Waals surface area contributed by atoms with Crippen LogP contribution in [-0.4, -0.2) is 39.2 Å². The molecule has 0 radical (unpaired) electrons. The molecule has 1 fully saturated rings. The highest BCUT2D eigenvalue weighted by Crippen LogP contribution is 2.23. The van der Waals surface area contributed by atoms with Crippen LogP contribution in [0, 0.1) is 6.92 Å². The molecular formula is C9H11N3O2. The van der Waals surface area contributed by atoms with Gasteiger partial charge in [-0.15, -0.1) is 0 Å². The third kappa shape index (κ3) is 1.53. The quantitative estimate of drug-likeness (QED) is 0.718. The molecule has 0 aromatic carbocycles. The second-order valence-corrected chi connectivity index (χ2v) is 3.50. The van der Waals surface area contributed by atoms with Crippen molar-refractivity contribution < 1.29 is 9.90 Å². The van der Waals surface area contributed by atoms with Crippen molar-refractivity contribution in [3.8, 4) is 0 Å². The number of rotatable bonds is 1. The lowest BCUT2D eigenvalue weighted by Gasteiger charge is -2.35. The van der Waals surface area contributed by atoms with Gasteiger partial charge in [-0.1, -0.05) is 0 Å². The minimum atomic E-state index is -0.867. The molecule has 0 unspecified atom stereocenters. The van der Waals surface area contributed by atoms with Crippen LogP contribution in [0.15, 0.2) is 12.4 Å². The average Bonchev–Trinajstić information content (AvgIpc) is 2.05. The first-order valence-electron chi connectivity index (χ1n) is 4.43. The average molecular weight is 193 g/mol. The van der Waals surface area contributed by atoms with Gasteiger partial charge < -0.3 is 10.0 Å². The summed E-state index contributed by atoms with van der Waals surface area (Å²) in [5, 5.41) is 8.63. The number of hydrogen-bond donors (Lipinski definition) is 1. The van der Waals surface area contributed by atoms with E-state index in [0.29, 0.717) is 13.1 Å². The monoisotopic (exact) mass is 193 g/mol. The Bertz CT molecular complexity index is 344. The lowest BCUT2D eigenvalue weighted by Crippen LogP contribution is -2.48. The maximum Gasteiger partial charge on any atom is 0.407 e. The molecule has 0 saturated carbocycles. The Hall–Kier alpha value is -1.65. The van der Waals surface area contributed by atoms with Gasteiger partial charge in [0, 0.05) is 25.5 Å². The van der Waals surface area contributed by atoms with E-state index in [4.69, 9.17) is 5.11 Å². The smallest absolute Gasteiger partial charge is 0.407 e. The zero-order chi connectivity index (χ0) is 10.1. The van der Waals surface area contributed by atoms with E-state index < -0.39 is 6.09 Å². The van der Waals surface area contributed by atoms with Crippen LogP contribution in [0.5, 0.6) is 0 Å². The fourth-order valence-corrected chi connectivity index (χ4v) is 1.41. The molecule has 1 aliphatic rings. The van der Waals surface area contributed by atoms with Crippen molar-refractivity contribution in [2.24, 2.45) is 0 Å². The van der Waals surface area contributed by atoms with Crippen LogP contribution in [0.25, 0.3) is 0 Å². The molecular weight excluding hydrogens is 182 g/mol. The van der Waals surface area contributed by atoms with Crippen molar-refractivity contribution in [3.05, 3.63) is 23.8 Å². The number of aromatic nitrogens is 2. The molecule has 74 valence electrons. The van der Waals surface area contributed by atoms with Crippen molar-refractivity contribution >= 4 is 6.09 Å². The van der Waals surface area contributed by atoms with Gasteiger partial charge in [0.05, 0.1) is 5.92 Å². The zero-order valence-electron chi connectivity index (χ0n) is 7.84. The number of hydrogen-bond acceptors (Lipinski definition) is 3. The fraction of sp³-hybridized carbons (Fsp3) is 0.444. The molecule has 1 aromatic rings. The van der Waals surface area contributed by atoms with E-state index in [9.17, 15) is 4.79 Å². The highest BCUT2D eigenvalue weighted by molar-refractivity contribution is 5.66. The van der Waals surface area contributed by atoms with Crippen LogP contribution >= 0.6 is 0 Å². The molecule has 2 heterocycles. The Morgan fingerprint density at radius 1 is 1.50 bits per heavy atom. The van der Waals surface area contributed by atoms with E-state index in [1.165, 1.54) is 4.90 Å². The van der Waals surface area contributed by atoms with Crippen LogP contribution in [-0.2, 0) is 0 Å². The first-order chi connectivity index (χ1) is 6.66. The van der Waals surface area contributed by atoms with Crippen LogP contribution in [0.4, 0.5) is 4.79 Å². The van der Waals surface area contributed by atoms with Crippen LogP contribution in [0.1, 0.15) is 17.3 Å². The number of nitrogens with zero attached hydrogens (tertiary/aromatic N) is 3. The van der Waals surface area contributed by atoms with Gasteiger partial charge >= 0.3 is 6.09 Å². The second-order valence-electron chi connectivity index (χ2n) is 3.50. The molecule has 0 aliphatic carbocycles. The predicted molar refractivity (Wildman–Crippen MR) is 49.1 cm³/mol. The first-order valence-corrected chi connectivity index (χ1v) is 4.43. The Morgan fingerprint density at radius 2 is 2.07 bits per heavy atom. The second kappa shape index (κ2) is 3.25. The number of aryl methyl sites for hydroxylation is 1. The molecule has 1 saturated heterocycles. The molecule has 0 bridgehead atoms. The largest absolute Gasteiger partial charge is 0.465 e. The van der Waals surface area contributed by atoms with E-state index in [-0.39, 0.29) is 5.92 Å². The number of likely N-dealkylation sites (tertiary alicyclic amines) is 1. The molecule has 1 aromatic heterocycles. The molecule has 5 nitrogen and oxygen atoms in total. The minimum Gasteiger partial charge on any atom is -0.465 e. The maximum absolute atomic E-state index is 10.5. The lowest BCUT2D eigenvalue weighted by atomic mass is 10.00. The molecule has 5 heteroatoms. The summed E-state index contributed by atoms with van der Waals surface area (Å²) in [6, 6.07) is 0. The zero-order valence-corrected chi connectivity index (χ0v) is 7.84. The van der Waals surface area contributed by atoms with Gasteiger partial charge in [0.25, 0.3) is 0 Å². The topological polar surface area (TPSA) is 66.3 Å². The van der Waals surface area contributed by atoms with Crippen LogP contribution in [0.3, 0.4) is 0 Å². The van der Waals surface area contributed by atoms with Gasteiger partial charge in [0.15, 0.2) is 0 Å². The summed E-state index contributed by atoms with van der Waals surface area (Å²) in [6.07, 6.45) is 2.64. The molecule has 0 atom stereocenters. The minimum absolute atomic E-state index is 0.173. The Kier molecular flexibility index (Phi) is 2.07. The summed E-state index contributed by atoms with van der Waals surface area (Å²) in [5.41, 5.74) is 1.02. The van der Waals surface area contributed by atoms with Crippen molar-refractivity contribution in [2.45, 2.75) is 12.8 Å². The molecule has 2 rings (SSSR count). The summed E-state index contributed by atoms with van der Waals surface area (Å²) in [7, 11) is 0. The van der Waals surface area contributed by atoms with Gasteiger partial charge in [-0.25, -0.2) is 14.8 Å². The van der Waals surface area contributed by atoms with E-state index in [0.717, 1.165) is 11.4 Å². The molecule has 1 aliphatic heterocycles. The Morgan fingerprint density at radius 3 is 2.57 bits per heavy atom. The normalized spacial score (nSPS) is 16.5. The Labute approximate surface area is 81.4 Å². The van der Waals surface area contributed by atoms with E-state index in [1.54, 1.807) is 12.4 Å². The lowest BCUT2D eigenvalue weighted by molar-refractivity contribution is 0.103. The summed E-state index contributed by atoms with van der Waals surface area (Å²) < 4.78 is 0. The summed E-state index contributed by atoms with van der Waals surface area (Å²) >= 11 is 0. The standard InChI is InChI=1S/C9H11N3O2/c1-6-2-10-8(11-3-6)7-4-12(5-7)9(13)14/h2-3,7H,4-5H2,1H3,(H,13,14). The number of amides is 1. The van der Waals surface area contributed by atoms with Gasteiger partial charge in [-0.05, 0) is 12.5 Å². The van der Waals surface area contributed by atoms with Gasteiger partial charge in [-0.2, -0.15) is 0 Å². The highest BCUT2D eigenvalue weighted by Gasteiger charge is 2.33. The highest BCUT2D eigenvalue weighted by atomic mass is 16.4. The van der Waals surface area contributed by atoms with Crippen LogP contribution < -0.4 is 0 Å². The van der Waals surface area contributed by atoms with Crippen molar-refractivity contribution in [3.63, 3.8) is 0 Å². The summed E-state index contributed by atoms with van der Waals surface area (Å²) in [6.45, 7) is 2.95. The van der Waals surface area contributed by atoms with Gasteiger partial charge in [0.2, 0.25) is 0 Å². The third-order valence-corrected chi connectivity index (χ3v) is 2.32. The SMILES string of the molecule is Cc1cnc(C2CN(C(=O)O)C2)nc1. The van der Waals surface area contributed by atoms with Crippen molar-refractivity contribution in [1.29, 1.82) is 0 Å². The maximum atomic E-state index is 10.5. The van der Waals surface area contributed by atoms with Crippen molar-refractivity contribution in [2.75, 3.05) is 13.1 Å². The molecule has 1 N–H and O–H groups in total. The third-order valence-electron chi connectivity index (χ3n) is 2.32. The first kappa shape index (κ1) is 8.93. The van der Waals surface area contributed by atoms with E-state index in [2.05, 4.69) is 9.97 Å². The number of carbonyl (C=O) groups is 1. The van der Waals surface area contributed by atoms with Gasteiger partial charge in [0.1, 0.15) is 5.82 Å². The summed E-state index contributed by atoms with van der Waals surface area (Å²) in [5.74, 6) is 0.916. The Balaban J connectivity index is 2.00. The van der Waals surface area contributed by atoms with Crippen molar-refractivity contribution in [1.82, 2.24) is 14.9 Å². The predicted octanol–water partition coefficient (Wildman–Crippen LogP) is 0.862. The molecule has 1 amide bonds. The summed E-state index contributed by atoms with van der Waals surface area (Å²) in [4.78, 5) is 20.2. The van der Waals surface area contributed by atoms with Crippen LogP contribution in [0.2, 0.25) is 0 Å². The van der Waals surface area contributed by atoms with E-state index >= 15 is 0 Å². The fourth-order valence-electron chi connectivity index (χ4n) is 1.41. The molecule has 0 spiro atoms.